The molecule has 2 aromatic rings. The molecule has 23 heavy (non-hydrogen) atoms. The van der Waals surface area contributed by atoms with Crippen LogP contribution in [0.3, 0.4) is 0 Å². The molecule has 1 unspecified atom stereocenters. The number of thiophene rings is 1. The van der Waals surface area contributed by atoms with E-state index in [0.717, 1.165) is 29.4 Å². The summed E-state index contributed by atoms with van der Waals surface area (Å²) in [6.45, 7) is 4.97. The normalized spacial score (nSPS) is 18.9. The first kappa shape index (κ1) is 16.2. The minimum Gasteiger partial charge on any atom is -0.464 e. The quantitative estimate of drug-likeness (QED) is 0.882. The van der Waals surface area contributed by atoms with Crippen molar-refractivity contribution in [2.24, 2.45) is 0 Å². The van der Waals surface area contributed by atoms with Gasteiger partial charge < -0.3 is 14.5 Å². The van der Waals surface area contributed by atoms with Gasteiger partial charge in [-0.25, -0.2) is 0 Å². The highest BCUT2D eigenvalue weighted by molar-refractivity contribution is 7.09. The minimum absolute atomic E-state index is 0.0107. The van der Waals surface area contributed by atoms with Gasteiger partial charge in [0.2, 0.25) is 5.91 Å². The van der Waals surface area contributed by atoms with Crippen LogP contribution in [0.15, 0.2) is 34.1 Å². The maximum atomic E-state index is 12.2. The van der Waals surface area contributed by atoms with E-state index in [1.165, 1.54) is 0 Å². The fraction of sp³-hybridized carbons (Fsp3) is 0.471. The van der Waals surface area contributed by atoms with Gasteiger partial charge in [-0.15, -0.1) is 11.3 Å². The van der Waals surface area contributed by atoms with Crippen molar-refractivity contribution in [1.29, 1.82) is 0 Å². The summed E-state index contributed by atoms with van der Waals surface area (Å²) in [6, 6.07) is 8.02. The van der Waals surface area contributed by atoms with Gasteiger partial charge in [0.05, 0.1) is 32.3 Å². The van der Waals surface area contributed by atoms with Crippen LogP contribution in [0.4, 0.5) is 0 Å². The summed E-state index contributed by atoms with van der Waals surface area (Å²) < 4.78 is 11.4. The lowest BCUT2D eigenvalue weighted by Gasteiger charge is -2.33. The predicted octanol–water partition coefficient (Wildman–Crippen LogP) is 2.59. The number of hydrogen-bond acceptors (Lipinski definition) is 5. The lowest BCUT2D eigenvalue weighted by atomic mass is 10.1. The number of amides is 1. The van der Waals surface area contributed by atoms with Gasteiger partial charge in [0.25, 0.3) is 0 Å². The molecule has 0 aliphatic carbocycles. The van der Waals surface area contributed by atoms with E-state index in [-0.39, 0.29) is 11.9 Å². The Morgan fingerprint density at radius 2 is 2.35 bits per heavy atom. The molecule has 1 saturated heterocycles. The number of aryl methyl sites for hydroxylation is 1. The molecule has 6 heteroatoms. The SMILES string of the molecule is CCc1ccc(C2COCCN2CC(=O)NCc2cccs2)o1. The van der Waals surface area contributed by atoms with E-state index in [4.69, 9.17) is 9.15 Å². The number of rotatable bonds is 6. The molecule has 1 amide bonds. The van der Waals surface area contributed by atoms with Crippen molar-refractivity contribution in [2.45, 2.75) is 25.9 Å². The summed E-state index contributed by atoms with van der Waals surface area (Å²) in [4.78, 5) is 15.5. The van der Waals surface area contributed by atoms with Gasteiger partial charge in [0.15, 0.2) is 0 Å². The molecule has 3 rings (SSSR count). The van der Waals surface area contributed by atoms with Crippen LogP contribution in [-0.2, 0) is 22.5 Å². The zero-order valence-electron chi connectivity index (χ0n) is 13.3. The molecule has 0 spiro atoms. The Labute approximate surface area is 140 Å². The number of nitrogens with zero attached hydrogens (tertiary/aromatic N) is 1. The van der Waals surface area contributed by atoms with E-state index in [1.54, 1.807) is 11.3 Å². The van der Waals surface area contributed by atoms with Gasteiger partial charge in [-0.1, -0.05) is 13.0 Å². The van der Waals surface area contributed by atoms with Crippen molar-refractivity contribution in [2.75, 3.05) is 26.3 Å². The topological polar surface area (TPSA) is 54.7 Å². The molecule has 2 aromatic heterocycles. The molecule has 0 saturated carbocycles. The number of nitrogens with one attached hydrogen (secondary N) is 1. The maximum Gasteiger partial charge on any atom is 0.234 e. The first-order chi connectivity index (χ1) is 11.3. The van der Waals surface area contributed by atoms with Crippen molar-refractivity contribution in [3.63, 3.8) is 0 Å². The Hall–Kier alpha value is -1.63. The predicted molar refractivity (Wildman–Crippen MR) is 89.4 cm³/mol. The van der Waals surface area contributed by atoms with Crippen molar-refractivity contribution < 1.29 is 13.9 Å². The van der Waals surface area contributed by atoms with Crippen molar-refractivity contribution >= 4 is 17.2 Å². The van der Waals surface area contributed by atoms with E-state index < -0.39 is 0 Å². The molecular weight excluding hydrogens is 312 g/mol. The number of furan rings is 1. The van der Waals surface area contributed by atoms with Crippen LogP contribution in [0.25, 0.3) is 0 Å². The van der Waals surface area contributed by atoms with E-state index in [2.05, 4.69) is 17.1 Å². The number of ether oxygens (including phenoxy) is 1. The Morgan fingerprint density at radius 3 is 3.09 bits per heavy atom. The first-order valence-electron chi connectivity index (χ1n) is 7.95. The summed E-state index contributed by atoms with van der Waals surface area (Å²) in [5.74, 6) is 1.88. The molecule has 0 aromatic carbocycles. The summed E-state index contributed by atoms with van der Waals surface area (Å²) in [5, 5.41) is 4.99. The second-order valence-corrected chi connectivity index (χ2v) is 6.61. The molecule has 3 heterocycles. The van der Waals surface area contributed by atoms with E-state index in [1.807, 2.05) is 29.6 Å². The van der Waals surface area contributed by atoms with Crippen LogP contribution in [0, 0.1) is 0 Å². The maximum absolute atomic E-state index is 12.2. The van der Waals surface area contributed by atoms with Crippen molar-refractivity contribution in [1.82, 2.24) is 10.2 Å². The Kier molecular flexibility index (Phi) is 5.48. The van der Waals surface area contributed by atoms with Gasteiger partial charge in [-0.3, -0.25) is 9.69 Å². The highest BCUT2D eigenvalue weighted by Gasteiger charge is 2.28. The fourth-order valence-electron chi connectivity index (χ4n) is 2.69. The van der Waals surface area contributed by atoms with Crippen LogP contribution in [0.1, 0.15) is 29.4 Å². The van der Waals surface area contributed by atoms with E-state index >= 15 is 0 Å². The molecule has 1 N–H and O–H groups in total. The Morgan fingerprint density at radius 1 is 1.43 bits per heavy atom. The minimum atomic E-state index is 0.0107. The molecular formula is C17H22N2O3S. The highest BCUT2D eigenvalue weighted by Crippen LogP contribution is 2.25. The second kappa shape index (κ2) is 7.77. The average molecular weight is 334 g/mol. The van der Waals surface area contributed by atoms with E-state index in [0.29, 0.717) is 26.3 Å². The highest BCUT2D eigenvalue weighted by atomic mass is 32.1. The standard InChI is InChI=1S/C17H22N2O3S/c1-2-13-5-6-16(22-13)15-12-21-8-7-19(15)11-17(20)18-10-14-4-3-9-23-14/h3-6,9,15H,2,7-8,10-12H2,1H3,(H,18,20). The number of carbonyl (C=O) groups excluding carboxylic acids is 1. The smallest absolute Gasteiger partial charge is 0.234 e. The van der Waals surface area contributed by atoms with Crippen LogP contribution >= 0.6 is 11.3 Å². The van der Waals surface area contributed by atoms with Crippen LogP contribution < -0.4 is 5.32 Å². The Balaban J connectivity index is 1.58. The second-order valence-electron chi connectivity index (χ2n) is 5.57. The van der Waals surface area contributed by atoms with Crippen LogP contribution in [-0.4, -0.2) is 37.1 Å². The van der Waals surface area contributed by atoms with Crippen LogP contribution in [0.2, 0.25) is 0 Å². The number of hydrogen-bond donors (Lipinski definition) is 1. The largest absolute Gasteiger partial charge is 0.464 e. The van der Waals surface area contributed by atoms with Gasteiger partial charge >= 0.3 is 0 Å². The monoisotopic (exact) mass is 334 g/mol. The molecule has 1 atom stereocenters. The van der Waals surface area contributed by atoms with Gasteiger partial charge in [0, 0.05) is 17.8 Å². The summed E-state index contributed by atoms with van der Waals surface area (Å²) >= 11 is 1.65. The summed E-state index contributed by atoms with van der Waals surface area (Å²) in [5.41, 5.74) is 0. The Bertz CT molecular complexity index is 624. The van der Waals surface area contributed by atoms with Gasteiger partial charge in [-0.05, 0) is 23.6 Å². The van der Waals surface area contributed by atoms with E-state index in [9.17, 15) is 4.79 Å². The lowest BCUT2D eigenvalue weighted by Crippen LogP contribution is -2.44. The fourth-order valence-corrected chi connectivity index (χ4v) is 3.34. The molecule has 1 aliphatic heterocycles. The first-order valence-corrected chi connectivity index (χ1v) is 8.83. The molecule has 0 radical (unpaired) electrons. The third kappa shape index (κ3) is 4.22. The third-order valence-corrected chi connectivity index (χ3v) is 4.86. The van der Waals surface area contributed by atoms with Crippen molar-refractivity contribution in [3.8, 4) is 0 Å². The third-order valence-electron chi connectivity index (χ3n) is 3.99. The summed E-state index contributed by atoms with van der Waals surface area (Å²) in [6.07, 6.45) is 0.870. The molecule has 5 nitrogen and oxygen atoms in total. The zero-order chi connectivity index (χ0) is 16.1. The molecule has 1 aliphatic rings. The van der Waals surface area contributed by atoms with Gasteiger partial charge in [-0.2, -0.15) is 0 Å². The average Bonchev–Trinajstić information content (AvgIpc) is 3.25. The molecule has 1 fully saturated rings. The molecule has 124 valence electrons. The van der Waals surface area contributed by atoms with Crippen molar-refractivity contribution in [3.05, 3.63) is 46.0 Å². The van der Waals surface area contributed by atoms with Crippen LogP contribution in [0.5, 0.6) is 0 Å². The van der Waals surface area contributed by atoms with Gasteiger partial charge in [0.1, 0.15) is 11.5 Å². The lowest BCUT2D eigenvalue weighted by molar-refractivity contribution is -0.125. The number of morpholine rings is 1. The number of carbonyl (C=O) groups is 1. The molecule has 0 bridgehead atoms. The summed E-state index contributed by atoms with van der Waals surface area (Å²) in [7, 11) is 0. The zero-order valence-corrected chi connectivity index (χ0v) is 14.1.